The molecule has 0 aliphatic carbocycles. The summed E-state index contributed by atoms with van der Waals surface area (Å²) in [6, 6.07) is 15.1. The van der Waals surface area contributed by atoms with E-state index in [2.05, 4.69) is 20.2 Å². The number of hydrogen-bond acceptors (Lipinski definition) is 7. The van der Waals surface area contributed by atoms with Gasteiger partial charge in [0, 0.05) is 5.56 Å². The first-order chi connectivity index (χ1) is 13.9. The minimum atomic E-state index is -3.67. The van der Waals surface area contributed by atoms with Gasteiger partial charge in [-0.15, -0.1) is 10.2 Å². The summed E-state index contributed by atoms with van der Waals surface area (Å²) in [5, 5.41) is 11.5. The van der Waals surface area contributed by atoms with E-state index in [4.69, 9.17) is 4.74 Å². The summed E-state index contributed by atoms with van der Waals surface area (Å²) in [4.78, 5) is 12.4. The summed E-state index contributed by atoms with van der Waals surface area (Å²) in [6.07, 6.45) is 0. The standard InChI is InChI=1S/C19H20N4O4S2/c1-13(23-29(25,26)12-14-6-4-3-5-7-14)17(24)20-19-22-21-18(28-19)15-8-10-16(27-2)11-9-15/h3-11,13,23H,12H2,1-2H3,(H,20,22,24). The lowest BCUT2D eigenvalue weighted by molar-refractivity contribution is -0.117. The average molecular weight is 433 g/mol. The molecule has 1 unspecified atom stereocenters. The fourth-order valence-electron chi connectivity index (χ4n) is 2.50. The van der Waals surface area contributed by atoms with Crippen LogP contribution >= 0.6 is 11.3 Å². The zero-order chi connectivity index (χ0) is 20.9. The molecule has 2 N–H and O–H groups in total. The molecule has 0 spiro atoms. The van der Waals surface area contributed by atoms with E-state index in [0.717, 1.165) is 11.3 Å². The number of ether oxygens (including phenoxy) is 1. The van der Waals surface area contributed by atoms with Crippen LogP contribution in [0.25, 0.3) is 10.6 Å². The molecule has 0 bridgehead atoms. The predicted octanol–water partition coefficient (Wildman–Crippen LogP) is 2.66. The van der Waals surface area contributed by atoms with Crippen LogP contribution in [0.3, 0.4) is 0 Å². The Balaban J connectivity index is 1.60. The number of benzene rings is 2. The van der Waals surface area contributed by atoms with Crippen molar-refractivity contribution in [3.63, 3.8) is 0 Å². The monoisotopic (exact) mass is 432 g/mol. The molecule has 1 heterocycles. The summed E-state index contributed by atoms with van der Waals surface area (Å²) in [7, 11) is -2.08. The Morgan fingerprint density at radius 2 is 1.79 bits per heavy atom. The molecule has 0 aliphatic heterocycles. The van der Waals surface area contributed by atoms with Gasteiger partial charge in [0.15, 0.2) is 0 Å². The second kappa shape index (κ2) is 9.12. The molecule has 1 amide bonds. The van der Waals surface area contributed by atoms with Crippen LogP contribution in [-0.4, -0.2) is 37.7 Å². The summed E-state index contributed by atoms with van der Waals surface area (Å²) in [5.41, 5.74) is 1.47. The molecule has 0 saturated carbocycles. The number of sulfonamides is 1. The van der Waals surface area contributed by atoms with E-state index in [9.17, 15) is 13.2 Å². The van der Waals surface area contributed by atoms with Crippen LogP contribution < -0.4 is 14.8 Å². The molecule has 3 aromatic rings. The van der Waals surface area contributed by atoms with Gasteiger partial charge < -0.3 is 4.74 Å². The molecular formula is C19H20N4O4S2. The number of nitrogens with zero attached hydrogens (tertiary/aromatic N) is 2. The Morgan fingerprint density at radius 3 is 2.45 bits per heavy atom. The molecule has 8 nitrogen and oxygen atoms in total. The molecule has 2 aromatic carbocycles. The minimum Gasteiger partial charge on any atom is -0.497 e. The maximum Gasteiger partial charge on any atom is 0.244 e. The van der Waals surface area contributed by atoms with Gasteiger partial charge >= 0.3 is 0 Å². The van der Waals surface area contributed by atoms with Crippen molar-refractivity contribution < 1.29 is 17.9 Å². The second-order valence-electron chi connectivity index (χ2n) is 6.21. The van der Waals surface area contributed by atoms with Gasteiger partial charge in [-0.2, -0.15) is 0 Å². The zero-order valence-corrected chi connectivity index (χ0v) is 17.5. The second-order valence-corrected chi connectivity index (χ2v) is 8.95. The lowest BCUT2D eigenvalue weighted by Gasteiger charge is -2.13. The molecule has 3 rings (SSSR count). The topological polar surface area (TPSA) is 110 Å². The van der Waals surface area contributed by atoms with E-state index >= 15 is 0 Å². The van der Waals surface area contributed by atoms with Gasteiger partial charge in [0.1, 0.15) is 10.8 Å². The fourth-order valence-corrected chi connectivity index (χ4v) is 4.61. The molecule has 10 heteroatoms. The van der Waals surface area contributed by atoms with E-state index in [1.54, 1.807) is 43.5 Å². The Hall–Kier alpha value is -2.82. The van der Waals surface area contributed by atoms with Gasteiger partial charge in [-0.1, -0.05) is 41.7 Å². The lowest BCUT2D eigenvalue weighted by Crippen LogP contribution is -2.42. The molecule has 1 atom stereocenters. The first-order valence-electron chi connectivity index (χ1n) is 8.69. The third-order valence-electron chi connectivity index (χ3n) is 3.94. The van der Waals surface area contributed by atoms with Crippen molar-refractivity contribution in [1.29, 1.82) is 0 Å². The Kier molecular flexibility index (Phi) is 6.57. The van der Waals surface area contributed by atoms with Crippen molar-refractivity contribution in [2.24, 2.45) is 0 Å². The summed E-state index contributed by atoms with van der Waals surface area (Å²) in [5.74, 6) is 0.00813. The molecule has 29 heavy (non-hydrogen) atoms. The van der Waals surface area contributed by atoms with Gasteiger partial charge in [-0.25, -0.2) is 13.1 Å². The van der Waals surface area contributed by atoms with Crippen molar-refractivity contribution >= 4 is 32.4 Å². The van der Waals surface area contributed by atoms with E-state index < -0.39 is 22.0 Å². The van der Waals surface area contributed by atoms with Gasteiger partial charge in [0.2, 0.25) is 21.1 Å². The quantitative estimate of drug-likeness (QED) is 0.566. The molecule has 0 saturated heterocycles. The first-order valence-corrected chi connectivity index (χ1v) is 11.2. The third-order valence-corrected chi connectivity index (χ3v) is 6.26. The summed E-state index contributed by atoms with van der Waals surface area (Å²) < 4.78 is 32.1. The maximum absolute atomic E-state index is 12.4. The van der Waals surface area contributed by atoms with Crippen molar-refractivity contribution in [1.82, 2.24) is 14.9 Å². The summed E-state index contributed by atoms with van der Waals surface area (Å²) in [6.45, 7) is 1.48. The van der Waals surface area contributed by atoms with Crippen LogP contribution in [0.15, 0.2) is 54.6 Å². The Labute approximate surface area is 173 Å². The number of carbonyl (C=O) groups excluding carboxylic acids is 1. The van der Waals surface area contributed by atoms with Crippen LogP contribution in [0.5, 0.6) is 5.75 Å². The molecule has 152 valence electrons. The Morgan fingerprint density at radius 1 is 1.10 bits per heavy atom. The van der Waals surface area contributed by atoms with E-state index in [-0.39, 0.29) is 10.9 Å². The van der Waals surface area contributed by atoms with Gasteiger partial charge in [0.05, 0.1) is 18.9 Å². The highest BCUT2D eigenvalue weighted by Crippen LogP contribution is 2.27. The highest BCUT2D eigenvalue weighted by molar-refractivity contribution is 7.88. The fraction of sp³-hybridized carbons (Fsp3) is 0.211. The molecule has 0 fully saturated rings. The van der Waals surface area contributed by atoms with Crippen molar-refractivity contribution in [2.45, 2.75) is 18.7 Å². The lowest BCUT2D eigenvalue weighted by atomic mass is 10.2. The number of hydrogen-bond donors (Lipinski definition) is 2. The van der Waals surface area contributed by atoms with Crippen LogP contribution in [0.4, 0.5) is 5.13 Å². The Bertz CT molecular complexity index is 1070. The van der Waals surface area contributed by atoms with Crippen molar-refractivity contribution in [2.75, 3.05) is 12.4 Å². The first kappa shape index (κ1) is 20.9. The third kappa shape index (κ3) is 5.83. The number of rotatable bonds is 8. The molecular weight excluding hydrogens is 412 g/mol. The molecule has 0 aliphatic rings. The molecule has 0 radical (unpaired) electrons. The van der Waals surface area contributed by atoms with E-state index in [1.807, 2.05) is 18.2 Å². The summed E-state index contributed by atoms with van der Waals surface area (Å²) >= 11 is 1.19. The van der Waals surface area contributed by atoms with Crippen LogP contribution in [0, 0.1) is 0 Å². The van der Waals surface area contributed by atoms with Crippen LogP contribution in [-0.2, 0) is 20.6 Å². The largest absolute Gasteiger partial charge is 0.497 e. The van der Waals surface area contributed by atoms with Gasteiger partial charge in [0.25, 0.3) is 0 Å². The number of anilines is 1. The van der Waals surface area contributed by atoms with E-state index in [1.165, 1.54) is 18.3 Å². The highest BCUT2D eigenvalue weighted by atomic mass is 32.2. The highest BCUT2D eigenvalue weighted by Gasteiger charge is 2.22. The number of aromatic nitrogens is 2. The minimum absolute atomic E-state index is 0.202. The number of nitrogens with one attached hydrogen (secondary N) is 2. The van der Waals surface area contributed by atoms with Crippen LogP contribution in [0.1, 0.15) is 12.5 Å². The van der Waals surface area contributed by atoms with Gasteiger partial charge in [-0.3, -0.25) is 10.1 Å². The maximum atomic E-state index is 12.4. The van der Waals surface area contributed by atoms with Gasteiger partial charge in [-0.05, 0) is 36.8 Å². The number of amides is 1. The van der Waals surface area contributed by atoms with Crippen molar-refractivity contribution in [3.8, 4) is 16.3 Å². The predicted molar refractivity (Wildman–Crippen MR) is 112 cm³/mol. The average Bonchev–Trinajstić information content (AvgIpc) is 3.16. The number of carbonyl (C=O) groups is 1. The van der Waals surface area contributed by atoms with E-state index in [0.29, 0.717) is 10.6 Å². The zero-order valence-electron chi connectivity index (χ0n) is 15.8. The van der Waals surface area contributed by atoms with Crippen molar-refractivity contribution in [3.05, 3.63) is 60.2 Å². The number of methoxy groups -OCH3 is 1. The SMILES string of the molecule is COc1ccc(-c2nnc(NC(=O)C(C)NS(=O)(=O)Cc3ccccc3)s2)cc1. The smallest absolute Gasteiger partial charge is 0.244 e. The van der Waals surface area contributed by atoms with Crippen LogP contribution in [0.2, 0.25) is 0 Å². The normalized spacial score (nSPS) is 12.3. The molecule has 1 aromatic heterocycles.